The van der Waals surface area contributed by atoms with Gasteiger partial charge in [0.05, 0.1) is 21.4 Å². The topological polar surface area (TPSA) is 123 Å². The molecular formula is C41H66Cl2N8O2. The van der Waals surface area contributed by atoms with E-state index in [1.165, 1.54) is 0 Å². The molecule has 2 saturated carbocycles. The number of urea groups is 2. The van der Waals surface area contributed by atoms with Crippen molar-refractivity contribution in [3.63, 3.8) is 0 Å². The van der Waals surface area contributed by atoms with Gasteiger partial charge in [0.1, 0.15) is 0 Å². The lowest BCUT2D eigenvalue weighted by Crippen LogP contribution is -2.47. The number of amides is 4. The smallest absolute Gasteiger partial charge is 0.312 e. The van der Waals surface area contributed by atoms with E-state index in [1.54, 1.807) is 0 Å². The van der Waals surface area contributed by atoms with Crippen molar-refractivity contribution >= 4 is 46.6 Å². The van der Waals surface area contributed by atoms with Crippen LogP contribution in [0.4, 0.5) is 21.0 Å². The van der Waals surface area contributed by atoms with Crippen molar-refractivity contribution in [2.24, 2.45) is 23.3 Å². The summed E-state index contributed by atoms with van der Waals surface area (Å²) in [7, 11) is 0. The first-order valence-electron chi connectivity index (χ1n) is 21.1. The summed E-state index contributed by atoms with van der Waals surface area (Å²) in [4.78, 5) is 30.7. The van der Waals surface area contributed by atoms with Crippen molar-refractivity contribution in [3.05, 3.63) is 57.6 Å². The fourth-order valence-corrected chi connectivity index (χ4v) is 8.37. The fraction of sp³-hybridized carbons (Fsp3) is 0.659. The number of piperazine rings is 2. The molecule has 0 aromatic heterocycles. The third-order valence-corrected chi connectivity index (χ3v) is 12.1. The summed E-state index contributed by atoms with van der Waals surface area (Å²) >= 11 is 12.9. The highest BCUT2D eigenvalue weighted by Gasteiger charge is 2.26. The summed E-state index contributed by atoms with van der Waals surface area (Å²) in [6.07, 6.45) is 6.12. The monoisotopic (exact) mass is 776 g/mol. The zero-order valence-corrected chi connectivity index (χ0v) is 32.5. The number of hydrogen-bond acceptors (Lipinski definition) is 6. The van der Waals surface area contributed by atoms with E-state index in [0.29, 0.717) is 32.0 Å². The van der Waals surface area contributed by atoms with Crippen LogP contribution in [0.1, 0.15) is 88.2 Å². The lowest BCUT2D eigenvalue weighted by Gasteiger charge is -2.37. The molecule has 2 aliphatic carbocycles. The zero-order chi connectivity index (χ0) is 40.6. The number of rotatable bonds is 10. The summed E-state index contributed by atoms with van der Waals surface area (Å²) in [5.74, 6) is 0.382. The molecule has 0 radical (unpaired) electrons. The molecule has 6 N–H and O–H groups in total. The van der Waals surface area contributed by atoms with Gasteiger partial charge in [0.25, 0.3) is 0 Å². The molecule has 2 aliphatic heterocycles. The second kappa shape index (κ2) is 21.2. The van der Waals surface area contributed by atoms with Crippen LogP contribution in [-0.2, 0) is 0 Å². The molecule has 0 spiro atoms. The van der Waals surface area contributed by atoms with Crippen molar-refractivity contribution in [1.82, 2.24) is 20.4 Å². The van der Waals surface area contributed by atoms with E-state index in [0.717, 1.165) is 123 Å². The van der Waals surface area contributed by atoms with E-state index in [9.17, 15) is 9.59 Å². The summed E-state index contributed by atoms with van der Waals surface area (Å²) in [5, 5.41) is 7.13. The molecular weight excluding hydrogens is 707 g/mol. The quantitative estimate of drug-likeness (QED) is 0.199. The van der Waals surface area contributed by atoms with Crippen LogP contribution in [0.5, 0.6) is 0 Å². The van der Waals surface area contributed by atoms with E-state index in [2.05, 4.69) is 31.4 Å². The van der Waals surface area contributed by atoms with Crippen LogP contribution in [0, 0.1) is 25.7 Å². The van der Waals surface area contributed by atoms with Crippen LogP contribution in [0.15, 0.2) is 36.4 Å². The minimum Gasteiger partial charge on any atom is -0.368 e. The summed E-state index contributed by atoms with van der Waals surface area (Å²) in [6.45, 7) is 9.49. The number of nitrogens with zero attached hydrogens (tertiary/aromatic N) is 4. The Balaban J connectivity index is 0.000000248. The van der Waals surface area contributed by atoms with Crippen molar-refractivity contribution in [2.75, 3.05) is 75.2 Å². The SMILES string of the molecule is C.[2H]C([2H])(CC1CCC(NC(N)=O)CC1)N1CCN(c2cccc(C)c2Cl)CC1.[2H]C([2H])(CN1CCN(c2cccc(C)c2Cl)CC1)C1CCC(NC(N)=O)CC1. The predicted molar refractivity (Wildman–Crippen MR) is 223 cm³/mol. The summed E-state index contributed by atoms with van der Waals surface area (Å²) in [5.41, 5.74) is 14.7. The normalized spacial score (nSPS) is 25.7. The van der Waals surface area contributed by atoms with Crippen LogP contribution < -0.4 is 31.9 Å². The Morgan fingerprint density at radius 2 is 1.09 bits per heavy atom. The van der Waals surface area contributed by atoms with Gasteiger partial charge in [0.2, 0.25) is 0 Å². The number of halogens is 2. The lowest BCUT2D eigenvalue weighted by atomic mass is 9.84. The van der Waals surface area contributed by atoms with Gasteiger partial charge in [-0.2, -0.15) is 0 Å². The minimum absolute atomic E-state index is 0. The highest BCUT2D eigenvalue weighted by Crippen LogP contribution is 2.32. The number of carbonyl (C=O) groups is 2. The van der Waals surface area contributed by atoms with Gasteiger partial charge in [-0.3, -0.25) is 9.80 Å². The van der Waals surface area contributed by atoms with Crippen LogP contribution in [0.25, 0.3) is 0 Å². The standard InChI is InChI=1S/2C20H31ClN4O.CH4/c2*1-15-3-2-4-18(19(15)21)25-13-11-24(12-14-25)10-9-16-5-7-17(8-6-16)23-20(22)26;/h2*2-4,16-17H,5-14H2,1H3,(H3,22,23,26);1H4/i10D2;9D2;. The molecule has 4 aliphatic rings. The molecule has 2 saturated heterocycles. The van der Waals surface area contributed by atoms with E-state index < -0.39 is 24.9 Å². The molecule has 0 atom stereocenters. The highest BCUT2D eigenvalue weighted by molar-refractivity contribution is 6.34. The number of nitrogens with two attached hydrogens (primary N) is 2. The average Bonchev–Trinajstić information content (AvgIpc) is 3.15. The Kier molecular flexibility index (Phi) is 14.8. The third-order valence-electron chi connectivity index (χ3n) is 11.2. The van der Waals surface area contributed by atoms with Crippen molar-refractivity contribution in [3.8, 4) is 0 Å². The molecule has 0 unspecified atom stereocenters. The maximum atomic E-state index is 11.0. The first-order chi connectivity index (χ1) is 26.5. The van der Waals surface area contributed by atoms with E-state index in [4.69, 9.17) is 40.2 Å². The lowest BCUT2D eigenvalue weighted by molar-refractivity contribution is 0.207. The van der Waals surface area contributed by atoms with E-state index >= 15 is 0 Å². The van der Waals surface area contributed by atoms with Gasteiger partial charge in [-0.1, -0.05) is 54.9 Å². The Hall–Kier alpha value is -2.92. The molecule has 0 bridgehead atoms. The number of anilines is 2. The van der Waals surface area contributed by atoms with E-state index in [-0.39, 0.29) is 25.4 Å². The van der Waals surface area contributed by atoms with Gasteiger partial charge in [-0.15, -0.1) is 0 Å². The van der Waals surface area contributed by atoms with Gasteiger partial charge >= 0.3 is 12.1 Å². The van der Waals surface area contributed by atoms with Crippen LogP contribution in [-0.4, -0.2) is 99.3 Å². The molecule has 2 heterocycles. The zero-order valence-electron chi connectivity index (χ0n) is 35.0. The summed E-state index contributed by atoms with van der Waals surface area (Å²) < 4.78 is 34.5. The van der Waals surface area contributed by atoms with Crippen molar-refractivity contribution in [2.45, 2.75) is 97.5 Å². The third kappa shape index (κ3) is 13.1. The van der Waals surface area contributed by atoms with Gasteiger partial charge in [-0.05, 0) is 126 Å². The number of carbonyl (C=O) groups excluding carboxylic acids is 2. The van der Waals surface area contributed by atoms with Crippen LogP contribution in [0.2, 0.25) is 10.0 Å². The first-order valence-corrected chi connectivity index (χ1v) is 19.9. The average molecular weight is 778 g/mol. The Labute approximate surface area is 334 Å². The van der Waals surface area contributed by atoms with Crippen LogP contribution >= 0.6 is 23.2 Å². The highest BCUT2D eigenvalue weighted by atomic mass is 35.5. The summed E-state index contributed by atoms with van der Waals surface area (Å²) in [6, 6.07) is 11.5. The molecule has 12 heteroatoms. The Morgan fingerprint density at radius 3 is 1.53 bits per heavy atom. The van der Waals surface area contributed by atoms with Crippen LogP contribution in [0.3, 0.4) is 0 Å². The van der Waals surface area contributed by atoms with Gasteiger partial charge in [0, 0.05) is 69.9 Å². The van der Waals surface area contributed by atoms with Gasteiger partial charge in [0.15, 0.2) is 0 Å². The Morgan fingerprint density at radius 1 is 0.679 bits per heavy atom. The number of aryl methyl sites for hydroxylation is 2. The van der Waals surface area contributed by atoms with E-state index in [1.807, 2.05) is 49.1 Å². The molecule has 10 nitrogen and oxygen atoms in total. The second-order valence-corrected chi connectivity index (χ2v) is 15.7. The number of hydrogen-bond donors (Lipinski definition) is 4. The van der Waals surface area contributed by atoms with Gasteiger partial charge in [-0.25, -0.2) is 9.59 Å². The number of benzene rings is 2. The molecule has 296 valence electrons. The molecule has 4 fully saturated rings. The largest absolute Gasteiger partial charge is 0.368 e. The maximum absolute atomic E-state index is 11.0. The molecule has 2 aromatic carbocycles. The maximum Gasteiger partial charge on any atom is 0.312 e. The fourth-order valence-electron chi connectivity index (χ4n) is 7.88. The van der Waals surface area contributed by atoms with Crippen molar-refractivity contribution < 1.29 is 15.1 Å². The minimum atomic E-state index is -1.31. The molecule has 6 rings (SSSR count). The number of primary amides is 2. The number of nitrogens with one attached hydrogen (secondary N) is 2. The predicted octanol–water partition coefficient (Wildman–Crippen LogP) is 7.41. The van der Waals surface area contributed by atoms with Gasteiger partial charge < -0.3 is 31.9 Å². The second-order valence-electron chi connectivity index (χ2n) is 14.9. The first kappa shape index (κ1) is 37.0. The van der Waals surface area contributed by atoms with Crippen molar-refractivity contribution in [1.29, 1.82) is 0 Å². The molecule has 53 heavy (non-hydrogen) atoms. The Bertz CT molecular complexity index is 1610. The molecule has 4 amide bonds. The molecule has 2 aromatic rings.